The second-order valence-corrected chi connectivity index (χ2v) is 9.83. The normalized spacial score (nSPS) is 12.8. The SMILES string of the molecule is COC(=O)CNC(=O)C(c1cc(C)cc(C)c1)N(C(=O)C(CC(N)=O)NC(=O)OC(C)(C)C)C(C)C. The van der Waals surface area contributed by atoms with E-state index in [9.17, 15) is 24.0 Å². The quantitative estimate of drug-likeness (QED) is 0.407. The number of nitrogens with two attached hydrogens (primary N) is 1. The van der Waals surface area contributed by atoms with Crippen molar-refractivity contribution in [3.05, 3.63) is 34.9 Å². The number of nitrogens with one attached hydrogen (secondary N) is 2. The maximum atomic E-state index is 13.8. The number of benzene rings is 1. The summed E-state index contributed by atoms with van der Waals surface area (Å²) in [5, 5.41) is 4.91. The van der Waals surface area contributed by atoms with E-state index in [1.54, 1.807) is 46.8 Å². The number of hydrogen-bond acceptors (Lipinski definition) is 7. The minimum absolute atomic E-state index is 0.405. The van der Waals surface area contributed by atoms with Crippen molar-refractivity contribution in [2.45, 2.75) is 78.6 Å². The van der Waals surface area contributed by atoms with Crippen LogP contribution in [-0.2, 0) is 28.7 Å². The maximum Gasteiger partial charge on any atom is 0.408 e. The number of methoxy groups -OCH3 is 1. The number of alkyl carbamates (subject to hydrolysis) is 1. The Balaban J connectivity index is 3.52. The zero-order valence-electron chi connectivity index (χ0n) is 22.3. The number of carbonyl (C=O) groups is 5. The molecule has 0 aliphatic heterocycles. The van der Waals surface area contributed by atoms with E-state index in [0.717, 1.165) is 11.1 Å². The average molecular weight is 507 g/mol. The standard InChI is InChI=1S/C25H38N4O7/c1-14(2)29(23(33)18(12-19(26)30)28-24(34)36-25(5,6)7)21(22(32)27-13-20(31)35-8)17-10-15(3)9-16(4)11-17/h9-11,14,18,21H,12-13H2,1-8H3,(H2,26,30)(H,27,32)(H,28,34). The highest BCUT2D eigenvalue weighted by molar-refractivity contribution is 5.95. The Morgan fingerprint density at radius 3 is 2.03 bits per heavy atom. The largest absolute Gasteiger partial charge is 0.468 e. The van der Waals surface area contributed by atoms with E-state index in [1.165, 1.54) is 12.0 Å². The second-order valence-electron chi connectivity index (χ2n) is 9.83. The molecule has 0 fully saturated rings. The third-order valence-corrected chi connectivity index (χ3v) is 4.93. The van der Waals surface area contributed by atoms with Crippen LogP contribution in [0.3, 0.4) is 0 Å². The van der Waals surface area contributed by atoms with Gasteiger partial charge >= 0.3 is 12.1 Å². The van der Waals surface area contributed by atoms with Crippen LogP contribution < -0.4 is 16.4 Å². The van der Waals surface area contributed by atoms with Gasteiger partial charge in [-0.15, -0.1) is 0 Å². The lowest BCUT2D eigenvalue weighted by molar-refractivity contribution is -0.146. The molecule has 0 radical (unpaired) electrons. The third-order valence-electron chi connectivity index (χ3n) is 4.93. The van der Waals surface area contributed by atoms with Gasteiger partial charge in [0.25, 0.3) is 0 Å². The maximum absolute atomic E-state index is 13.8. The Kier molecular flexibility index (Phi) is 10.9. The van der Waals surface area contributed by atoms with Crippen LogP contribution in [0.5, 0.6) is 0 Å². The summed E-state index contributed by atoms with van der Waals surface area (Å²) in [5.41, 5.74) is 6.71. The minimum atomic E-state index is -1.39. The predicted octanol–water partition coefficient (Wildman–Crippen LogP) is 1.64. The molecule has 4 amide bonds. The van der Waals surface area contributed by atoms with Crippen molar-refractivity contribution in [1.29, 1.82) is 0 Å². The average Bonchev–Trinajstić information content (AvgIpc) is 2.71. The highest BCUT2D eigenvalue weighted by atomic mass is 16.6. The Hall–Kier alpha value is -3.63. The number of carbonyl (C=O) groups excluding carboxylic acids is 5. The molecular weight excluding hydrogens is 468 g/mol. The number of hydrogen-bond donors (Lipinski definition) is 3. The first-order valence-corrected chi connectivity index (χ1v) is 11.6. The van der Waals surface area contributed by atoms with E-state index < -0.39 is 66.5 Å². The molecule has 0 heterocycles. The van der Waals surface area contributed by atoms with Gasteiger partial charge in [-0.1, -0.05) is 29.3 Å². The molecule has 1 aromatic rings. The first-order chi connectivity index (χ1) is 16.5. The zero-order valence-corrected chi connectivity index (χ0v) is 22.3. The predicted molar refractivity (Wildman–Crippen MR) is 133 cm³/mol. The van der Waals surface area contributed by atoms with Crippen LogP contribution in [0.4, 0.5) is 4.79 Å². The molecule has 0 spiro atoms. The van der Waals surface area contributed by atoms with Crippen LogP contribution in [-0.4, -0.2) is 66.0 Å². The van der Waals surface area contributed by atoms with Crippen molar-refractivity contribution in [2.24, 2.45) is 5.73 Å². The van der Waals surface area contributed by atoms with Gasteiger partial charge < -0.3 is 30.7 Å². The van der Waals surface area contributed by atoms with Crippen molar-refractivity contribution in [3.8, 4) is 0 Å². The van der Waals surface area contributed by atoms with E-state index in [4.69, 9.17) is 10.5 Å². The Morgan fingerprint density at radius 1 is 1.03 bits per heavy atom. The molecule has 1 rings (SSSR count). The molecule has 36 heavy (non-hydrogen) atoms. The second kappa shape index (κ2) is 12.9. The molecule has 11 heteroatoms. The monoisotopic (exact) mass is 506 g/mol. The molecule has 0 saturated heterocycles. The summed E-state index contributed by atoms with van der Waals surface area (Å²) in [5.74, 6) is -2.84. The highest BCUT2D eigenvalue weighted by Gasteiger charge is 2.38. The molecule has 0 bridgehead atoms. The lowest BCUT2D eigenvalue weighted by Gasteiger charge is -2.37. The van der Waals surface area contributed by atoms with Crippen molar-refractivity contribution in [2.75, 3.05) is 13.7 Å². The fraction of sp³-hybridized carbons (Fsp3) is 0.560. The number of amides is 4. The molecule has 0 aliphatic carbocycles. The van der Waals surface area contributed by atoms with Gasteiger partial charge in [0, 0.05) is 6.04 Å². The molecule has 0 saturated carbocycles. The van der Waals surface area contributed by atoms with Gasteiger partial charge in [0.05, 0.1) is 13.5 Å². The van der Waals surface area contributed by atoms with Gasteiger partial charge in [-0.3, -0.25) is 19.2 Å². The summed E-state index contributed by atoms with van der Waals surface area (Å²) in [6.45, 7) is 11.6. The van der Waals surface area contributed by atoms with E-state index in [0.29, 0.717) is 5.56 Å². The summed E-state index contributed by atoms with van der Waals surface area (Å²) in [7, 11) is 1.19. The van der Waals surface area contributed by atoms with E-state index in [-0.39, 0.29) is 0 Å². The summed E-state index contributed by atoms with van der Waals surface area (Å²) >= 11 is 0. The smallest absolute Gasteiger partial charge is 0.408 e. The minimum Gasteiger partial charge on any atom is -0.468 e. The molecule has 11 nitrogen and oxygen atoms in total. The van der Waals surface area contributed by atoms with Crippen LogP contribution >= 0.6 is 0 Å². The molecule has 0 aromatic heterocycles. The lowest BCUT2D eigenvalue weighted by atomic mass is 9.97. The van der Waals surface area contributed by atoms with Gasteiger partial charge in [0.15, 0.2) is 0 Å². The Labute approximate surface area is 212 Å². The van der Waals surface area contributed by atoms with E-state index in [1.807, 2.05) is 19.9 Å². The number of aryl methyl sites for hydroxylation is 2. The van der Waals surface area contributed by atoms with E-state index in [2.05, 4.69) is 15.4 Å². The molecule has 2 atom stereocenters. The van der Waals surface area contributed by atoms with Gasteiger partial charge in [0.2, 0.25) is 17.7 Å². The summed E-state index contributed by atoms with van der Waals surface area (Å²) in [6.07, 6.45) is -1.42. The van der Waals surface area contributed by atoms with Crippen LogP contribution in [0, 0.1) is 13.8 Å². The Morgan fingerprint density at radius 2 is 1.58 bits per heavy atom. The van der Waals surface area contributed by atoms with Crippen LogP contribution in [0.25, 0.3) is 0 Å². The summed E-state index contributed by atoms with van der Waals surface area (Å²) < 4.78 is 9.84. The van der Waals surface area contributed by atoms with Crippen molar-refractivity contribution in [3.63, 3.8) is 0 Å². The van der Waals surface area contributed by atoms with Gasteiger partial charge in [-0.25, -0.2) is 4.79 Å². The van der Waals surface area contributed by atoms with Crippen molar-refractivity contribution >= 4 is 29.8 Å². The first-order valence-electron chi connectivity index (χ1n) is 11.6. The molecule has 1 aromatic carbocycles. The topological polar surface area (TPSA) is 157 Å². The fourth-order valence-electron chi connectivity index (χ4n) is 3.65. The zero-order chi connectivity index (χ0) is 27.8. The van der Waals surface area contributed by atoms with Crippen LogP contribution in [0.1, 0.15) is 63.8 Å². The van der Waals surface area contributed by atoms with Gasteiger partial charge in [-0.2, -0.15) is 0 Å². The molecule has 2 unspecified atom stereocenters. The number of ether oxygens (including phenoxy) is 2. The third kappa shape index (κ3) is 9.55. The molecule has 200 valence electrons. The number of primary amides is 1. The summed E-state index contributed by atoms with van der Waals surface area (Å²) in [6, 6.07) is 2.29. The highest BCUT2D eigenvalue weighted by Crippen LogP contribution is 2.27. The van der Waals surface area contributed by atoms with Crippen molar-refractivity contribution in [1.82, 2.24) is 15.5 Å². The van der Waals surface area contributed by atoms with Gasteiger partial charge in [-0.05, 0) is 54.0 Å². The number of esters is 1. The number of rotatable bonds is 10. The van der Waals surface area contributed by atoms with Gasteiger partial charge in [0.1, 0.15) is 24.2 Å². The first kappa shape index (κ1) is 30.4. The Bertz CT molecular complexity index is 965. The lowest BCUT2D eigenvalue weighted by Crippen LogP contribution is -2.56. The number of nitrogens with zero attached hydrogens (tertiary/aromatic N) is 1. The van der Waals surface area contributed by atoms with E-state index >= 15 is 0 Å². The fourth-order valence-corrected chi connectivity index (χ4v) is 3.65. The molecule has 4 N–H and O–H groups in total. The molecular formula is C25H38N4O7. The van der Waals surface area contributed by atoms with Crippen molar-refractivity contribution < 1.29 is 33.4 Å². The summed E-state index contributed by atoms with van der Waals surface area (Å²) in [4.78, 5) is 64.3. The van der Waals surface area contributed by atoms with Crippen LogP contribution in [0.15, 0.2) is 18.2 Å². The van der Waals surface area contributed by atoms with Crippen LogP contribution in [0.2, 0.25) is 0 Å². The molecule has 0 aliphatic rings.